The molecule has 3 N–H and O–H groups in total. The molecular formula is C19H23N5O4. The van der Waals surface area contributed by atoms with Crippen LogP contribution in [0.4, 0.5) is 16.3 Å². The van der Waals surface area contributed by atoms with Gasteiger partial charge >= 0.3 is 12.2 Å². The zero-order valence-electron chi connectivity index (χ0n) is 15.9. The lowest BCUT2D eigenvalue weighted by Crippen LogP contribution is -2.37. The summed E-state index contributed by atoms with van der Waals surface area (Å²) >= 11 is 0. The van der Waals surface area contributed by atoms with Gasteiger partial charge in [-0.3, -0.25) is 0 Å². The molecule has 1 aromatic heterocycles. The number of aryl methyl sites for hydroxylation is 1. The minimum Gasteiger partial charge on any atom is -0.378 e. The molecule has 0 aliphatic carbocycles. The molecule has 9 nitrogen and oxygen atoms in total. The summed E-state index contributed by atoms with van der Waals surface area (Å²) in [6, 6.07) is 6.78. The molecule has 0 saturated carbocycles. The first-order chi connectivity index (χ1) is 13.5. The molecule has 148 valence electrons. The van der Waals surface area contributed by atoms with Crippen molar-refractivity contribution in [2.45, 2.75) is 20.3 Å². The number of nitrogens with two attached hydrogens (primary N) is 1. The average molecular weight is 385 g/mol. The standard InChI is InChI=1S/C18H23N5O2.CO2/c1-3-15-12(2)17(23-8-10-25-11-9-23)22-16(21-15)13-4-6-14(7-5-13)20-18(19)24;2-1-3/h4-7H,3,8-11H2,1-2H3,(H3,19,20,24);. The molecule has 3 rings (SSSR count). The molecule has 28 heavy (non-hydrogen) atoms. The van der Waals surface area contributed by atoms with E-state index in [-0.39, 0.29) is 6.15 Å². The maximum absolute atomic E-state index is 10.9. The second-order valence-corrected chi connectivity index (χ2v) is 6.05. The van der Waals surface area contributed by atoms with Gasteiger partial charge in [0.25, 0.3) is 0 Å². The van der Waals surface area contributed by atoms with Crippen molar-refractivity contribution in [2.75, 3.05) is 36.5 Å². The maximum atomic E-state index is 10.9. The fraction of sp³-hybridized carbons (Fsp3) is 0.368. The highest BCUT2D eigenvalue weighted by Gasteiger charge is 2.19. The van der Waals surface area contributed by atoms with E-state index in [1.807, 2.05) is 12.1 Å². The van der Waals surface area contributed by atoms with Gasteiger partial charge in [-0.25, -0.2) is 14.8 Å². The SMILES string of the molecule is CCc1nc(-c2ccc(NC(N)=O)cc2)nc(N2CCOCC2)c1C.O=C=O. The Hall–Kier alpha value is -3.29. The lowest BCUT2D eigenvalue weighted by molar-refractivity contribution is -0.191. The van der Waals surface area contributed by atoms with E-state index in [0.717, 1.165) is 42.1 Å². The highest BCUT2D eigenvalue weighted by Crippen LogP contribution is 2.26. The summed E-state index contributed by atoms with van der Waals surface area (Å²) in [7, 11) is 0. The Morgan fingerprint density at radius 2 is 1.82 bits per heavy atom. The van der Waals surface area contributed by atoms with Crippen LogP contribution in [0.5, 0.6) is 0 Å². The lowest BCUT2D eigenvalue weighted by atomic mass is 10.1. The van der Waals surface area contributed by atoms with Crippen LogP contribution in [-0.4, -0.2) is 48.5 Å². The molecule has 0 unspecified atom stereocenters. The van der Waals surface area contributed by atoms with Gasteiger partial charge in [-0.05, 0) is 37.6 Å². The van der Waals surface area contributed by atoms with Crippen LogP contribution >= 0.6 is 0 Å². The molecule has 2 aromatic rings. The zero-order valence-corrected chi connectivity index (χ0v) is 15.9. The predicted molar refractivity (Wildman–Crippen MR) is 103 cm³/mol. The van der Waals surface area contributed by atoms with E-state index in [2.05, 4.69) is 24.1 Å². The van der Waals surface area contributed by atoms with Crippen molar-refractivity contribution in [1.29, 1.82) is 0 Å². The number of ether oxygens (including phenoxy) is 1. The summed E-state index contributed by atoms with van der Waals surface area (Å²) in [5, 5.41) is 2.55. The number of hydrogen-bond donors (Lipinski definition) is 2. The van der Waals surface area contributed by atoms with E-state index in [4.69, 9.17) is 30.0 Å². The van der Waals surface area contributed by atoms with Gasteiger partial charge in [0.2, 0.25) is 0 Å². The summed E-state index contributed by atoms with van der Waals surface area (Å²) in [5.41, 5.74) is 8.86. The largest absolute Gasteiger partial charge is 0.378 e. The van der Waals surface area contributed by atoms with Crippen molar-refractivity contribution in [3.05, 3.63) is 35.5 Å². The minimum absolute atomic E-state index is 0.250. The molecular weight excluding hydrogens is 362 g/mol. The molecule has 2 heterocycles. The summed E-state index contributed by atoms with van der Waals surface area (Å²) in [6.45, 7) is 7.28. The van der Waals surface area contributed by atoms with Crippen molar-refractivity contribution in [2.24, 2.45) is 5.73 Å². The second-order valence-electron chi connectivity index (χ2n) is 6.05. The summed E-state index contributed by atoms with van der Waals surface area (Å²) in [6.07, 6.45) is 1.10. The third-order valence-electron chi connectivity index (χ3n) is 4.28. The third-order valence-corrected chi connectivity index (χ3v) is 4.28. The van der Waals surface area contributed by atoms with Crippen molar-refractivity contribution in [3.63, 3.8) is 0 Å². The Morgan fingerprint density at radius 3 is 2.36 bits per heavy atom. The predicted octanol–water partition coefficient (Wildman–Crippen LogP) is 1.76. The normalized spacial score (nSPS) is 13.1. The molecule has 1 fully saturated rings. The van der Waals surface area contributed by atoms with E-state index >= 15 is 0 Å². The van der Waals surface area contributed by atoms with Gasteiger partial charge in [0.1, 0.15) is 5.82 Å². The van der Waals surface area contributed by atoms with E-state index in [0.29, 0.717) is 24.7 Å². The molecule has 1 saturated heterocycles. The summed E-state index contributed by atoms with van der Waals surface area (Å²) in [4.78, 5) is 39.0. The Morgan fingerprint density at radius 1 is 1.21 bits per heavy atom. The smallest absolute Gasteiger partial charge is 0.373 e. The van der Waals surface area contributed by atoms with Crippen LogP contribution in [0.25, 0.3) is 11.4 Å². The Kier molecular flexibility index (Phi) is 7.62. The highest BCUT2D eigenvalue weighted by molar-refractivity contribution is 5.88. The Labute approximate surface area is 162 Å². The van der Waals surface area contributed by atoms with E-state index in [1.54, 1.807) is 12.1 Å². The van der Waals surface area contributed by atoms with Gasteiger partial charge in [-0.15, -0.1) is 0 Å². The number of hydrogen-bond acceptors (Lipinski definition) is 7. The maximum Gasteiger partial charge on any atom is 0.373 e. The van der Waals surface area contributed by atoms with Gasteiger partial charge in [0.05, 0.1) is 13.2 Å². The molecule has 1 aliphatic heterocycles. The number of carbonyl (C=O) groups is 1. The van der Waals surface area contributed by atoms with Crippen LogP contribution in [0.15, 0.2) is 24.3 Å². The molecule has 0 radical (unpaired) electrons. The lowest BCUT2D eigenvalue weighted by Gasteiger charge is -2.29. The fourth-order valence-electron chi connectivity index (χ4n) is 2.95. The van der Waals surface area contributed by atoms with Crippen LogP contribution in [0.2, 0.25) is 0 Å². The number of nitrogens with zero attached hydrogens (tertiary/aromatic N) is 3. The Balaban J connectivity index is 0.000000878. The number of aromatic nitrogens is 2. The molecule has 0 spiro atoms. The van der Waals surface area contributed by atoms with Gasteiger partial charge < -0.3 is 20.7 Å². The number of rotatable bonds is 4. The zero-order chi connectivity index (χ0) is 20.5. The van der Waals surface area contributed by atoms with Crippen molar-refractivity contribution < 1.29 is 19.1 Å². The van der Waals surface area contributed by atoms with E-state index in [9.17, 15) is 4.79 Å². The van der Waals surface area contributed by atoms with Gasteiger partial charge in [0, 0.05) is 35.6 Å². The van der Waals surface area contributed by atoms with Gasteiger partial charge in [-0.2, -0.15) is 9.59 Å². The number of primary amides is 1. The molecule has 1 aromatic carbocycles. The van der Waals surface area contributed by atoms with Crippen molar-refractivity contribution in [1.82, 2.24) is 9.97 Å². The highest BCUT2D eigenvalue weighted by atomic mass is 16.5. The number of amides is 2. The minimum atomic E-state index is -0.581. The Bertz CT molecular complexity index is 842. The van der Waals surface area contributed by atoms with Crippen LogP contribution in [0, 0.1) is 6.92 Å². The van der Waals surface area contributed by atoms with Gasteiger partial charge in [-0.1, -0.05) is 6.92 Å². The molecule has 9 heteroatoms. The van der Waals surface area contributed by atoms with E-state index < -0.39 is 6.03 Å². The number of urea groups is 1. The van der Waals surface area contributed by atoms with Crippen LogP contribution in [0.1, 0.15) is 18.2 Å². The van der Waals surface area contributed by atoms with Crippen LogP contribution in [0.3, 0.4) is 0 Å². The first-order valence-electron chi connectivity index (χ1n) is 8.86. The summed E-state index contributed by atoms with van der Waals surface area (Å²) < 4.78 is 5.45. The second kappa shape index (κ2) is 10.1. The first kappa shape index (κ1) is 21.0. The molecule has 1 aliphatic rings. The van der Waals surface area contributed by atoms with E-state index in [1.165, 1.54) is 0 Å². The van der Waals surface area contributed by atoms with Crippen molar-refractivity contribution in [3.8, 4) is 11.4 Å². The van der Waals surface area contributed by atoms with Crippen LogP contribution < -0.4 is 16.0 Å². The van der Waals surface area contributed by atoms with Gasteiger partial charge in [0.15, 0.2) is 5.82 Å². The third kappa shape index (κ3) is 5.35. The number of nitrogens with one attached hydrogen (secondary N) is 1. The average Bonchev–Trinajstić information content (AvgIpc) is 2.70. The number of carbonyl (C=O) groups excluding carboxylic acids is 3. The van der Waals surface area contributed by atoms with Crippen molar-refractivity contribution >= 4 is 23.7 Å². The molecule has 0 bridgehead atoms. The molecule has 2 amide bonds. The summed E-state index contributed by atoms with van der Waals surface area (Å²) in [5.74, 6) is 1.67. The topological polar surface area (TPSA) is 128 Å². The number of benzene rings is 1. The number of morpholine rings is 1. The fourth-order valence-corrected chi connectivity index (χ4v) is 2.95. The molecule has 0 atom stereocenters. The first-order valence-corrected chi connectivity index (χ1v) is 8.86. The quantitative estimate of drug-likeness (QED) is 0.821. The monoisotopic (exact) mass is 385 g/mol. The number of anilines is 2. The van der Waals surface area contributed by atoms with Crippen LogP contribution in [-0.2, 0) is 20.7 Å².